The molecule has 0 bridgehead atoms. The van der Waals surface area contributed by atoms with Gasteiger partial charge in [-0.15, -0.1) is 0 Å². The van der Waals surface area contributed by atoms with Gasteiger partial charge < -0.3 is 20.4 Å². The van der Waals surface area contributed by atoms with E-state index in [0.29, 0.717) is 22.9 Å². The minimum absolute atomic E-state index is 0.104. The van der Waals surface area contributed by atoms with Crippen LogP contribution in [0.3, 0.4) is 0 Å². The third-order valence-corrected chi connectivity index (χ3v) is 4.39. The van der Waals surface area contributed by atoms with Crippen LogP contribution in [0.4, 0.5) is 5.69 Å². The third-order valence-electron chi connectivity index (χ3n) is 4.05. The molecule has 0 saturated carbocycles. The van der Waals surface area contributed by atoms with Gasteiger partial charge >= 0.3 is 5.69 Å². The Morgan fingerprint density at radius 1 is 1.40 bits per heavy atom. The summed E-state index contributed by atoms with van der Waals surface area (Å²) < 4.78 is 0. The number of phenols is 2. The normalized spacial score (nSPS) is 17.5. The summed E-state index contributed by atoms with van der Waals surface area (Å²) in [6.45, 7) is 5.73. The van der Waals surface area contributed by atoms with Gasteiger partial charge in [-0.25, -0.2) is 0 Å². The topological polar surface area (TPSA) is 116 Å². The van der Waals surface area contributed by atoms with Gasteiger partial charge in [0.1, 0.15) is 5.75 Å². The highest BCUT2D eigenvalue weighted by Gasteiger charge is 2.34. The van der Waals surface area contributed by atoms with Crippen molar-refractivity contribution in [1.29, 1.82) is 0 Å². The number of Topliss-reactive ketones (excluding diaryl/α,β-unsaturated/α-hetero) is 1. The second-order valence-electron chi connectivity index (χ2n) is 5.75. The number of nitrogens with zero attached hydrogens (tertiary/aromatic N) is 2. The summed E-state index contributed by atoms with van der Waals surface area (Å²) in [4.78, 5) is 24.3. The van der Waals surface area contributed by atoms with Crippen molar-refractivity contribution in [2.24, 2.45) is 0 Å². The van der Waals surface area contributed by atoms with Crippen molar-refractivity contribution in [3.63, 3.8) is 0 Å². The number of nitro benzene ring substituents is 1. The quantitative estimate of drug-likeness (QED) is 0.414. The summed E-state index contributed by atoms with van der Waals surface area (Å²) in [5.41, 5.74) is 0.542. The Hall–Kier alpha value is -2.68. The number of allylic oxidation sites excluding steroid dienone is 1. The summed E-state index contributed by atoms with van der Waals surface area (Å²) in [5.74, 6) is -1.25. The first-order valence-electron chi connectivity index (χ1n) is 7.69. The second-order valence-corrected chi connectivity index (χ2v) is 6.13. The van der Waals surface area contributed by atoms with E-state index in [1.165, 1.54) is 6.92 Å². The summed E-state index contributed by atoms with van der Waals surface area (Å²) >= 11 is 5.34. The Morgan fingerprint density at radius 2 is 2.04 bits per heavy atom. The van der Waals surface area contributed by atoms with E-state index in [4.69, 9.17) is 12.2 Å². The van der Waals surface area contributed by atoms with Crippen LogP contribution in [0.5, 0.6) is 11.5 Å². The lowest BCUT2D eigenvalue weighted by Crippen LogP contribution is -2.47. The molecule has 1 atom stereocenters. The molecule has 3 N–H and O–H groups in total. The van der Waals surface area contributed by atoms with Crippen molar-refractivity contribution in [3.8, 4) is 11.5 Å². The number of hydrogen-bond donors (Lipinski definition) is 3. The Labute approximate surface area is 149 Å². The second kappa shape index (κ2) is 7.06. The Morgan fingerprint density at radius 3 is 2.56 bits per heavy atom. The van der Waals surface area contributed by atoms with Crippen LogP contribution in [-0.2, 0) is 4.79 Å². The third kappa shape index (κ3) is 3.41. The molecule has 0 amide bonds. The average Bonchev–Trinajstić information content (AvgIpc) is 2.50. The smallest absolute Gasteiger partial charge is 0.311 e. The number of benzene rings is 1. The number of nitrogens with one attached hydrogen (secondary N) is 1. The first kappa shape index (κ1) is 18.7. The fraction of sp³-hybridized carbons (Fsp3) is 0.375. The van der Waals surface area contributed by atoms with Crippen LogP contribution in [-0.4, -0.2) is 37.5 Å². The van der Waals surface area contributed by atoms with E-state index in [9.17, 15) is 25.1 Å². The molecule has 1 aromatic rings. The van der Waals surface area contributed by atoms with Crippen LogP contribution < -0.4 is 5.32 Å². The van der Waals surface area contributed by atoms with Crippen LogP contribution in [0.2, 0.25) is 0 Å². The summed E-state index contributed by atoms with van der Waals surface area (Å²) in [6, 6.07) is 1.11. The van der Waals surface area contributed by atoms with E-state index in [1.54, 1.807) is 11.8 Å². The monoisotopic (exact) mass is 365 g/mol. The molecule has 0 saturated heterocycles. The molecule has 0 spiro atoms. The number of carbonyl (C=O) groups excluding carboxylic acids is 1. The van der Waals surface area contributed by atoms with E-state index in [2.05, 4.69) is 5.32 Å². The molecule has 9 heteroatoms. The average molecular weight is 365 g/mol. The van der Waals surface area contributed by atoms with Gasteiger partial charge in [0.2, 0.25) is 0 Å². The molecule has 0 aromatic heterocycles. The number of phenolic OH excluding ortho intramolecular Hbond substituents is 2. The number of thiocarbonyl (C=S) groups is 1. The lowest BCUT2D eigenvalue weighted by Gasteiger charge is -2.37. The van der Waals surface area contributed by atoms with Crippen LogP contribution in [0.1, 0.15) is 38.8 Å². The van der Waals surface area contributed by atoms with Crippen LogP contribution in [0.15, 0.2) is 23.4 Å². The van der Waals surface area contributed by atoms with Gasteiger partial charge in [-0.1, -0.05) is 6.92 Å². The zero-order valence-electron chi connectivity index (χ0n) is 14.1. The summed E-state index contributed by atoms with van der Waals surface area (Å²) in [6.07, 6.45) is 0.810. The molecule has 134 valence electrons. The molecule has 25 heavy (non-hydrogen) atoms. The molecular weight excluding hydrogens is 346 g/mol. The van der Waals surface area contributed by atoms with Crippen LogP contribution in [0.25, 0.3) is 0 Å². The zero-order valence-corrected chi connectivity index (χ0v) is 14.9. The predicted octanol–water partition coefficient (Wildman–Crippen LogP) is 2.51. The molecule has 0 radical (unpaired) electrons. The van der Waals surface area contributed by atoms with E-state index < -0.39 is 22.4 Å². The maximum Gasteiger partial charge on any atom is 0.311 e. The molecule has 1 aliphatic rings. The van der Waals surface area contributed by atoms with Gasteiger partial charge in [-0.3, -0.25) is 14.9 Å². The van der Waals surface area contributed by atoms with Gasteiger partial charge in [0.05, 0.1) is 11.0 Å². The highest BCUT2D eigenvalue weighted by atomic mass is 32.1. The van der Waals surface area contributed by atoms with Crippen molar-refractivity contribution in [2.75, 3.05) is 6.54 Å². The number of aromatic hydroxyl groups is 2. The van der Waals surface area contributed by atoms with E-state index in [0.717, 1.165) is 18.6 Å². The lowest BCUT2D eigenvalue weighted by atomic mass is 9.91. The van der Waals surface area contributed by atoms with E-state index in [-0.39, 0.29) is 17.1 Å². The summed E-state index contributed by atoms with van der Waals surface area (Å²) in [7, 11) is 0. The molecular formula is C16H19N3O5S. The van der Waals surface area contributed by atoms with Crippen molar-refractivity contribution in [3.05, 3.63) is 39.1 Å². The highest BCUT2D eigenvalue weighted by Crippen LogP contribution is 2.40. The molecule has 1 aromatic carbocycles. The first-order chi connectivity index (χ1) is 11.7. The Kier molecular flexibility index (Phi) is 5.27. The largest absolute Gasteiger partial charge is 0.507 e. The maximum atomic E-state index is 12.2. The summed E-state index contributed by atoms with van der Waals surface area (Å²) in [5, 5.41) is 34.2. The lowest BCUT2D eigenvalue weighted by molar-refractivity contribution is -0.386. The van der Waals surface area contributed by atoms with Gasteiger partial charge in [-0.05, 0) is 32.5 Å². The number of carbonyl (C=O) groups is 1. The van der Waals surface area contributed by atoms with Gasteiger partial charge in [0.25, 0.3) is 0 Å². The van der Waals surface area contributed by atoms with E-state index in [1.807, 2.05) is 6.92 Å². The van der Waals surface area contributed by atoms with Crippen molar-refractivity contribution in [2.45, 2.75) is 33.2 Å². The number of hydrogen-bond acceptors (Lipinski definition) is 6. The van der Waals surface area contributed by atoms with Crippen LogP contribution >= 0.6 is 12.2 Å². The Bertz CT molecular complexity index is 790. The minimum Gasteiger partial charge on any atom is -0.507 e. The molecule has 0 aliphatic carbocycles. The zero-order chi connectivity index (χ0) is 18.9. The van der Waals surface area contributed by atoms with Crippen molar-refractivity contribution >= 4 is 28.8 Å². The van der Waals surface area contributed by atoms with Crippen molar-refractivity contribution in [1.82, 2.24) is 10.2 Å². The fourth-order valence-electron chi connectivity index (χ4n) is 2.92. The number of ketones is 1. The number of rotatable bonds is 5. The molecule has 1 aliphatic heterocycles. The minimum atomic E-state index is -0.836. The molecule has 8 nitrogen and oxygen atoms in total. The van der Waals surface area contributed by atoms with Gasteiger partial charge in [-0.2, -0.15) is 0 Å². The fourth-order valence-corrected chi connectivity index (χ4v) is 3.27. The molecule has 1 heterocycles. The first-order valence-corrected chi connectivity index (χ1v) is 8.09. The SMILES string of the molecule is CCCN1C(=S)NC(c2cc([N+](=O)[O-])c(O)cc2O)C(C(C)=O)=C1C. The number of nitro groups is 1. The van der Waals surface area contributed by atoms with Gasteiger partial charge in [0.15, 0.2) is 16.6 Å². The van der Waals surface area contributed by atoms with E-state index >= 15 is 0 Å². The maximum absolute atomic E-state index is 12.2. The van der Waals surface area contributed by atoms with Gasteiger partial charge in [0, 0.05) is 35.5 Å². The van der Waals surface area contributed by atoms with Crippen molar-refractivity contribution < 1.29 is 19.9 Å². The standard InChI is InChI=1S/C16H19N3O5S/c1-4-5-18-8(2)14(9(3)20)15(17-16(18)25)10-6-11(19(23)24)13(22)7-12(10)21/h6-7,15,21-22H,4-5H2,1-3H3,(H,17,25). The van der Waals surface area contributed by atoms with Crippen LogP contribution in [0, 0.1) is 10.1 Å². The predicted molar refractivity (Wildman–Crippen MR) is 95.3 cm³/mol. The molecule has 2 rings (SSSR count). The Balaban J connectivity index is 2.65. The highest BCUT2D eigenvalue weighted by molar-refractivity contribution is 7.80. The molecule has 0 fully saturated rings. The molecule has 1 unspecified atom stereocenters.